The number of rotatable bonds is 8. The number of aromatic nitrogens is 2. The third kappa shape index (κ3) is 5.19. The summed E-state index contributed by atoms with van der Waals surface area (Å²) in [5, 5.41) is 3.05. The summed E-state index contributed by atoms with van der Waals surface area (Å²) < 4.78 is 78.3. The number of fused-ring (bicyclic) bond motifs is 2. The molecule has 0 bridgehead atoms. The molecule has 4 aromatic rings. The Morgan fingerprint density at radius 1 is 1.14 bits per heavy atom. The number of carbonyl (C=O) groups excluding carboxylic acids is 2. The van der Waals surface area contributed by atoms with Gasteiger partial charge in [0.25, 0.3) is 5.91 Å². The lowest BCUT2D eigenvalue weighted by atomic mass is 9.78. The van der Waals surface area contributed by atoms with Crippen LogP contribution >= 0.6 is 11.3 Å². The standard InChI is InChI=1S/C30H25F5N4O3S/c1-2-29(28(36)41)13-42-25-18(29)11-21(38-23(25)14-5-7-17(31)8-6-14)19(30(33,34)35)12-37-26(40)16-9-20(32)24-22(10-16)43-27(39-24)15-3-4-15/h5-11,15,19H,2-4,12-13H2,1H3,(H2,36,41)(H,37,40)/t19?,29-/m1/s1. The molecule has 0 spiro atoms. The van der Waals surface area contributed by atoms with E-state index in [1.807, 2.05) is 0 Å². The Morgan fingerprint density at radius 2 is 1.86 bits per heavy atom. The molecule has 6 rings (SSSR count). The van der Waals surface area contributed by atoms with E-state index in [0.717, 1.165) is 42.1 Å². The fraction of sp³-hybridized carbons (Fsp3) is 0.333. The largest absolute Gasteiger partial charge is 0.489 e. The van der Waals surface area contributed by atoms with Gasteiger partial charge in [0, 0.05) is 29.2 Å². The number of benzene rings is 2. The molecule has 3 heterocycles. The van der Waals surface area contributed by atoms with Gasteiger partial charge in [0.1, 0.15) is 40.7 Å². The molecule has 3 N–H and O–H groups in total. The first-order valence-corrected chi connectivity index (χ1v) is 14.4. The summed E-state index contributed by atoms with van der Waals surface area (Å²) in [7, 11) is 0. The number of halogens is 5. The van der Waals surface area contributed by atoms with Crippen molar-refractivity contribution in [1.29, 1.82) is 0 Å². The fourth-order valence-electron chi connectivity index (χ4n) is 5.31. The van der Waals surface area contributed by atoms with Gasteiger partial charge in [-0.2, -0.15) is 13.2 Å². The molecule has 1 saturated carbocycles. The maximum atomic E-state index is 14.8. The predicted octanol–water partition coefficient (Wildman–Crippen LogP) is 6.12. The van der Waals surface area contributed by atoms with Gasteiger partial charge in [0.05, 0.1) is 15.4 Å². The first-order valence-electron chi connectivity index (χ1n) is 13.6. The van der Waals surface area contributed by atoms with Gasteiger partial charge >= 0.3 is 6.18 Å². The van der Waals surface area contributed by atoms with Crippen molar-refractivity contribution < 1.29 is 36.3 Å². The number of ether oxygens (including phenoxy) is 1. The minimum absolute atomic E-state index is 0.0196. The van der Waals surface area contributed by atoms with Crippen LogP contribution in [0.5, 0.6) is 5.75 Å². The number of hydrogen-bond donors (Lipinski definition) is 2. The lowest BCUT2D eigenvalue weighted by Crippen LogP contribution is -2.42. The highest BCUT2D eigenvalue weighted by atomic mass is 32.1. The lowest BCUT2D eigenvalue weighted by Gasteiger charge is -2.25. The van der Waals surface area contributed by atoms with E-state index in [-0.39, 0.29) is 52.6 Å². The highest BCUT2D eigenvalue weighted by Gasteiger charge is 2.49. The number of alkyl halides is 3. The maximum absolute atomic E-state index is 14.8. The van der Waals surface area contributed by atoms with E-state index in [1.54, 1.807) is 6.92 Å². The monoisotopic (exact) mass is 616 g/mol. The van der Waals surface area contributed by atoms with Crippen LogP contribution in [-0.2, 0) is 10.2 Å². The van der Waals surface area contributed by atoms with Crippen molar-refractivity contribution in [3.8, 4) is 17.0 Å². The molecule has 1 unspecified atom stereocenters. The lowest BCUT2D eigenvalue weighted by molar-refractivity contribution is -0.149. The van der Waals surface area contributed by atoms with E-state index in [1.165, 1.54) is 29.5 Å². The van der Waals surface area contributed by atoms with Crippen LogP contribution in [0.1, 0.15) is 64.6 Å². The first-order chi connectivity index (χ1) is 20.4. The molecule has 0 saturated heterocycles. The molecule has 2 aliphatic rings. The van der Waals surface area contributed by atoms with Crippen LogP contribution < -0.4 is 15.8 Å². The van der Waals surface area contributed by atoms with Crippen molar-refractivity contribution in [3.63, 3.8) is 0 Å². The van der Waals surface area contributed by atoms with E-state index in [4.69, 9.17) is 10.5 Å². The maximum Gasteiger partial charge on any atom is 0.398 e. The number of hydrogen-bond acceptors (Lipinski definition) is 6. The zero-order valence-electron chi connectivity index (χ0n) is 22.7. The van der Waals surface area contributed by atoms with Gasteiger partial charge in [-0.15, -0.1) is 11.3 Å². The third-order valence-electron chi connectivity index (χ3n) is 8.04. The van der Waals surface area contributed by atoms with Crippen LogP contribution in [0.2, 0.25) is 0 Å². The molecule has 0 radical (unpaired) electrons. The molecule has 2 atom stereocenters. The summed E-state index contributed by atoms with van der Waals surface area (Å²) in [5.74, 6) is -4.94. The molecule has 1 aliphatic heterocycles. The molecule has 224 valence electrons. The molecular weight excluding hydrogens is 591 g/mol. The molecule has 1 fully saturated rings. The Hall–Kier alpha value is -4.13. The fourth-order valence-corrected chi connectivity index (χ4v) is 6.50. The van der Waals surface area contributed by atoms with Crippen molar-refractivity contribution in [1.82, 2.24) is 15.3 Å². The van der Waals surface area contributed by atoms with Crippen LogP contribution in [0.25, 0.3) is 21.5 Å². The molecular formula is C30H25F5N4O3S. The highest BCUT2D eigenvalue weighted by Crippen LogP contribution is 2.48. The number of pyridine rings is 1. The quantitative estimate of drug-likeness (QED) is 0.232. The molecule has 1 aliphatic carbocycles. The third-order valence-corrected chi connectivity index (χ3v) is 9.20. The van der Waals surface area contributed by atoms with Crippen molar-refractivity contribution in [2.45, 2.75) is 49.6 Å². The Kier molecular flexibility index (Phi) is 7.10. The molecule has 43 heavy (non-hydrogen) atoms. The van der Waals surface area contributed by atoms with Crippen LogP contribution in [0.4, 0.5) is 22.0 Å². The Morgan fingerprint density at radius 3 is 2.49 bits per heavy atom. The van der Waals surface area contributed by atoms with E-state index >= 15 is 0 Å². The number of nitrogens with zero attached hydrogens (tertiary/aromatic N) is 2. The van der Waals surface area contributed by atoms with Gasteiger partial charge in [0.2, 0.25) is 5.91 Å². The Labute approximate surface area is 246 Å². The normalized spacial score (nSPS) is 18.7. The number of nitrogens with two attached hydrogens (primary N) is 1. The van der Waals surface area contributed by atoms with Gasteiger partial charge in [-0.25, -0.2) is 18.7 Å². The number of carbonyl (C=O) groups is 2. The zero-order chi connectivity index (χ0) is 30.7. The highest BCUT2D eigenvalue weighted by molar-refractivity contribution is 7.18. The smallest absolute Gasteiger partial charge is 0.398 e. The average molecular weight is 617 g/mol. The van der Waals surface area contributed by atoms with Crippen molar-refractivity contribution >= 4 is 33.4 Å². The van der Waals surface area contributed by atoms with Gasteiger partial charge in [0.15, 0.2) is 5.82 Å². The summed E-state index contributed by atoms with van der Waals surface area (Å²) in [6, 6.07) is 8.43. The second-order valence-electron chi connectivity index (χ2n) is 10.8. The van der Waals surface area contributed by atoms with Gasteiger partial charge in [-0.05, 0) is 61.7 Å². The Balaban J connectivity index is 1.37. The van der Waals surface area contributed by atoms with Gasteiger partial charge < -0.3 is 15.8 Å². The zero-order valence-corrected chi connectivity index (χ0v) is 23.5. The van der Waals surface area contributed by atoms with E-state index in [0.29, 0.717) is 4.70 Å². The van der Waals surface area contributed by atoms with E-state index < -0.39 is 53.2 Å². The van der Waals surface area contributed by atoms with Crippen molar-refractivity contribution in [2.75, 3.05) is 13.2 Å². The number of amides is 2. The number of thiazole rings is 1. The minimum atomic E-state index is -4.89. The molecule has 7 nitrogen and oxygen atoms in total. The van der Waals surface area contributed by atoms with E-state index in [9.17, 15) is 31.5 Å². The first kappa shape index (κ1) is 29.0. The number of nitrogens with one attached hydrogen (secondary N) is 1. The molecule has 13 heteroatoms. The topological polar surface area (TPSA) is 107 Å². The minimum Gasteiger partial charge on any atom is -0.489 e. The SMILES string of the molecule is CC[C@@]1(C(N)=O)COc2c1cc(C(CNC(=O)c1cc(F)c3nc(C4CC4)sc3c1)C(F)(F)F)nc2-c1ccc(F)cc1. The van der Waals surface area contributed by atoms with Crippen molar-refractivity contribution in [2.24, 2.45) is 5.73 Å². The average Bonchev–Trinajstić information content (AvgIpc) is 3.60. The molecule has 2 aromatic carbocycles. The number of primary amides is 1. The van der Waals surface area contributed by atoms with Gasteiger partial charge in [-0.3, -0.25) is 9.59 Å². The summed E-state index contributed by atoms with van der Waals surface area (Å²) in [5.41, 5.74) is 4.17. The van der Waals surface area contributed by atoms with Crippen LogP contribution in [0.15, 0.2) is 42.5 Å². The summed E-state index contributed by atoms with van der Waals surface area (Å²) in [4.78, 5) is 34.2. The molecule has 2 amide bonds. The van der Waals surface area contributed by atoms with Crippen molar-refractivity contribution in [3.05, 3.63) is 75.9 Å². The second kappa shape index (κ2) is 10.5. The molecule has 2 aromatic heterocycles. The van der Waals surface area contributed by atoms with Crippen LogP contribution in [-0.4, -0.2) is 41.1 Å². The Bertz CT molecular complexity index is 1750. The predicted molar refractivity (Wildman–Crippen MR) is 149 cm³/mol. The summed E-state index contributed by atoms with van der Waals surface area (Å²) in [6.07, 6.45) is -2.83. The van der Waals surface area contributed by atoms with E-state index in [2.05, 4.69) is 15.3 Å². The van der Waals surface area contributed by atoms with Crippen LogP contribution in [0, 0.1) is 11.6 Å². The second-order valence-corrected chi connectivity index (χ2v) is 11.9. The van der Waals surface area contributed by atoms with Gasteiger partial charge in [-0.1, -0.05) is 6.92 Å². The summed E-state index contributed by atoms with van der Waals surface area (Å²) >= 11 is 1.26. The summed E-state index contributed by atoms with van der Waals surface area (Å²) in [6.45, 7) is 0.535. The van der Waals surface area contributed by atoms with Crippen LogP contribution in [0.3, 0.4) is 0 Å².